The molecule has 29 heavy (non-hydrogen) atoms. The topological polar surface area (TPSA) is 89.3 Å². The Labute approximate surface area is 172 Å². The highest BCUT2D eigenvalue weighted by Crippen LogP contribution is 2.28. The predicted octanol–water partition coefficient (Wildman–Crippen LogP) is 2.97. The molecule has 0 radical (unpaired) electrons. The van der Waals surface area contributed by atoms with E-state index in [1.807, 2.05) is 29.1 Å². The van der Waals surface area contributed by atoms with Crippen molar-refractivity contribution in [1.29, 1.82) is 0 Å². The molecule has 1 atom stereocenters. The summed E-state index contributed by atoms with van der Waals surface area (Å²) in [4.78, 5) is 26.9. The number of methoxy groups -OCH3 is 1. The first-order valence-corrected chi connectivity index (χ1v) is 10.2. The number of esters is 1. The van der Waals surface area contributed by atoms with Crippen molar-refractivity contribution in [1.82, 2.24) is 14.8 Å². The third-order valence-corrected chi connectivity index (χ3v) is 5.88. The van der Waals surface area contributed by atoms with Crippen LogP contribution in [-0.2, 0) is 9.53 Å². The van der Waals surface area contributed by atoms with Gasteiger partial charge in [0.1, 0.15) is 0 Å². The molecule has 0 aliphatic carbocycles. The fourth-order valence-corrected chi connectivity index (χ4v) is 4.23. The lowest BCUT2D eigenvalue weighted by molar-refractivity contribution is -0.120. The highest BCUT2D eigenvalue weighted by molar-refractivity contribution is 7.17. The van der Waals surface area contributed by atoms with Gasteiger partial charge in [0, 0.05) is 25.5 Å². The van der Waals surface area contributed by atoms with Crippen molar-refractivity contribution in [2.45, 2.75) is 12.8 Å². The zero-order valence-corrected chi connectivity index (χ0v) is 16.8. The molecule has 0 saturated carbocycles. The van der Waals surface area contributed by atoms with Crippen molar-refractivity contribution in [3.63, 3.8) is 0 Å². The molecule has 3 heterocycles. The van der Waals surface area contributed by atoms with Crippen molar-refractivity contribution in [2.75, 3.05) is 30.4 Å². The normalized spacial score (nSPS) is 16.4. The summed E-state index contributed by atoms with van der Waals surface area (Å²) in [6, 6.07) is 10.7. The Kier molecular flexibility index (Phi) is 5.57. The zero-order valence-electron chi connectivity index (χ0n) is 15.9. The lowest BCUT2D eigenvalue weighted by Gasteiger charge is -2.31. The number of para-hydroxylation sites is 1. The van der Waals surface area contributed by atoms with Gasteiger partial charge in [-0.3, -0.25) is 9.36 Å². The van der Waals surface area contributed by atoms with Crippen molar-refractivity contribution in [3.8, 4) is 5.13 Å². The predicted molar refractivity (Wildman–Crippen MR) is 111 cm³/mol. The van der Waals surface area contributed by atoms with Gasteiger partial charge in [-0.1, -0.05) is 23.5 Å². The second-order valence-electron chi connectivity index (χ2n) is 6.77. The summed E-state index contributed by atoms with van der Waals surface area (Å²) < 4.78 is 6.71. The number of nitrogens with zero attached hydrogens (tertiary/aromatic N) is 4. The first kappa shape index (κ1) is 19.1. The van der Waals surface area contributed by atoms with Crippen LogP contribution in [-0.4, -0.2) is 46.8 Å². The van der Waals surface area contributed by atoms with E-state index in [4.69, 9.17) is 4.74 Å². The molecule has 3 aromatic rings. The van der Waals surface area contributed by atoms with Gasteiger partial charge in [0.25, 0.3) is 0 Å². The minimum Gasteiger partial charge on any atom is -0.465 e. The smallest absolute Gasteiger partial charge is 0.339 e. The van der Waals surface area contributed by atoms with Crippen LogP contribution in [0.3, 0.4) is 0 Å². The van der Waals surface area contributed by atoms with Crippen LogP contribution in [0, 0.1) is 5.92 Å². The first-order chi connectivity index (χ1) is 14.2. The van der Waals surface area contributed by atoms with Crippen LogP contribution in [0.1, 0.15) is 23.2 Å². The van der Waals surface area contributed by atoms with E-state index in [0.717, 1.165) is 29.6 Å². The third-order valence-electron chi connectivity index (χ3n) is 4.88. The lowest BCUT2D eigenvalue weighted by atomic mass is 9.97. The molecule has 1 saturated heterocycles. The number of amides is 1. The van der Waals surface area contributed by atoms with Crippen LogP contribution in [0.25, 0.3) is 5.13 Å². The summed E-state index contributed by atoms with van der Waals surface area (Å²) in [5.41, 5.74) is 0.809. The molecule has 1 aromatic carbocycles. The molecule has 9 heteroatoms. The number of carbonyl (C=O) groups is 2. The Morgan fingerprint density at radius 3 is 2.69 bits per heavy atom. The zero-order chi connectivity index (χ0) is 20.2. The number of aromatic nitrogens is 3. The van der Waals surface area contributed by atoms with Crippen molar-refractivity contribution >= 4 is 34.0 Å². The van der Waals surface area contributed by atoms with Crippen LogP contribution >= 0.6 is 11.3 Å². The van der Waals surface area contributed by atoms with Gasteiger partial charge in [-0.05, 0) is 37.1 Å². The second-order valence-corrected chi connectivity index (χ2v) is 7.70. The van der Waals surface area contributed by atoms with Crippen LogP contribution in [0.15, 0.2) is 48.8 Å². The van der Waals surface area contributed by atoms with Crippen molar-refractivity contribution in [3.05, 3.63) is 54.4 Å². The SMILES string of the molecule is COC(=O)c1ccccc1NC(=O)[C@@H]1CCCN(c2nnc(-n3cccc3)s2)C1. The number of hydrogen-bond donors (Lipinski definition) is 1. The van der Waals surface area contributed by atoms with Crippen molar-refractivity contribution in [2.24, 2.45) is 5.92 Å². The quantitative estimate of drug-likeness (QED) is 0.650. The second kappa shape index (κ2) is 8.44. The molecule has 1 fully saturated rings. The summed E-state index contributed by atoms with van der Waals surface area (Å²) in [5.74, 6) is -0.785. The largest absolute Gasteiger partial charge is 0.465 e. The number of piperidine rings is 1. The van der Waals surface area contributed by atoms with Gasteiger partial charge in [0.15, 0.2) is 0 Å². The molecule has 4 rings (SSSR count). The number of rotatable bonds is 5. The van der Waals surface area contributed by atoms with Crippen LogP contribution in [0.2, 0.25) is 0 Å². The number of ether oxygens (including phenoxy) is 1. The summed E-state index contributed by atoms with van der Waals surface area (Å²) in [7, 11) is 1.32. The number of anilines is 2. The van der Waals surface area contributed by atoms with E-state index in [1.165, 1.54) is 18.4 Å². The van der Waals surface area contributed by atoms with E-state index in [2.05, 4.69) is 20.4 Å². The molecule has 1 aliphatic rings. The molecule has 0 bridgehead atoms. The van der Waals surface area contributed by atoms with E-state index < -0.39 is 5.97 Å². The maximum absolute atomic E-state index is 12.9. The minimum atomic E-state index is -0.474. The van der Waals surface area contributed by atoms with Gasteiger partial charge in [0.2, 0.25) is 16.2 Å². The molecular formula is C20H21N5O3S. The Hall–Kier alpha value is -3.20. The van der Waals surface area contributed by atoms with Crippen molar-refractivity contribution < 1.29 is 14.3 Å². The molecule has 0 spiro atoms. The minimum absolute atomic E-state index is 0.110. The molecule has 1 N–H and O–H groups in total. The van der Waals surface area contributed by atoms with Gasteiger partial charge in [-0.15, -0.1) is 10.2 Å². The van der Waals surface area contributed by atoms with Gasteiger partial charge in [-0.25, -0.2) is 4.79 Å². The van der Waals surface area contributed by atoms with Gasteiger partial charge in [0.05, 0.1) is 24.3 Å². The summed E-state index contributed by atoms with van der Waals surface area (Å²) in [6.45, 7) is 1.40. The average Bonchev–Trinajstić information content (AvgIpc) is 3.45. The highest BCUT2D eigenvalue weighted by atomic mass is 32.1. The van der Waals surface area contributed by atoms with E-state index >= 15 is 0 Å². The molecule has 2 aromatic heterocycles. The monoisotopic (exact) mass is 411 g/mol. The number of nitrogens with one attached hydrogen (secondary N) is 1. The molecular weight excluding hydrogens is 390 g/mol. The molecule has 150 valence electrons. The maximum atomic E-state index is 12.9. The Morgan fingerprint density at radius 2 is 1.90 bits per heavy atom. The molecule has 1 aliphatic heterocycles. The van der Waals surface area contributed by atoms with Gasteiger partial charge < -0.3 is 15.0 Å². The molecule has 1 amide bonds. The third kappa shape index (κ3) is 4.14. The molecule has 8 nitrogen and oxygen atoms in total. The molecule has 0 unspecified atom stereocenters. The summed E-state index contributed by atoms with van der Waals surface area (Å²) in [6.07, 6.45) is 5.52. The highest BCUT2D eigenvalue weighted by Gasteiger charge is 2.28. The van der Waals surface area contributed by atoms with Crippen LogP contribution in [0.5, 0.6) is 0 Å². The van der Waals surface area contributed by atoms with Crippen LogP contribution in [0.4, 0.5) is 10.8 Å². The van der Waals surface area contributed by atoms with Gasteiger partial charge >= 0.3 is 5.97 Å². The summed E-state index contributed by atoms with van der Waals surface area (Å²) >= 11 is 1.50. The first-order valence-electron chi connectivity index (χ1n) is 9.35. The summed E-state index contributed by atoms with van der Waals surface area (Å²) in [5, 5.41) is 13.0. The Balaban J connectivity index is 1.45. The Morgan fingerprint density at radius 1 is 1.14 bits per heavy atom. The number of carbonyl (C=O) groups excluding carboxylic acids is 2. The van der Waals surface area contributed by atoms with E-state index in [0.29, 0.717) is 17.8 Å². The number of hydrogen-bond acceptors (Lipinski definition) is 7. The Bertz CT molecular complexity index is 1000. The van der Waals surface area contributed by atoms with E-state index in [1.54, 1.807) is 24.3 Å². The van der Waals surface area contributed by atoms with E-state index in [-0.39, 0.29) is 11.8 Å². The van der Waals surface area contributed by atoms with Gasteiger partial charge in [-0.2, -0.15) is 0 Å². The fraction of sp³-hybridized carbons (Fsp3) is 0.300. The maximum Gasteiger partial charge on any atom is 0.339 e. The fourth-order valence-electron chi connectivity index (χ4n) is 3.38. The standard InChI is InChI=1S/C20H21N5O3S/c1-28-18(27)15-8-2-3-9-16(15)21-17(26)14-7-6-12-25(13-14)20-23-22-19(29-20)24-10-4-5-11-24/h2-5,8-11,14H,6-7,12-13H2,1H3,(H,21,26)/t14-/m1/s1. The van der Waals surface area contributed by atoms with Crippen LogP contribution < -0.4 is 10.2 Å². The number of benzene rings is 1. The average molecular weight is 411 g/mol. The van der Waals surface area contributed by atoms with E-state index in [9.17, 15) is 9.59 Å². The lowest BCUT2D eigenvalue weighted by Crippen LogP contribution is -2.40.